The van der Waals surface area contributed by atoms with E-state index < -0.39 is 0 Å². The molecule has 0 aliphatic carbocycles. The Balaban J connectivity index is 3.43. The first kappa shape index (κ1) is 11.5. The van der Waals surface area contributed by atoms with Gasteiger partial charge in [-0.3, -0.25) is 4.79 Å². The summed E-state index contributed by atoms with van der Waals surface area (Å²) in [5.74, 6) is -0.286. The van der Waals surface area contributed by atoms with Crippen molar-refractivity contribution in [2.24, 2.45) is 0 Å². The number of ether oxygens (including phenoxy) is 1. The number of nitriles is 1. The van der Waals surface area contributed by atoms with Gasteiger partial charge in [0.05, 0.1) is 18.0 Å². The van der Waals surface area contributed by atoms with E-state index in [1.54, 1.807) is 6.07 Å². The van der Waals surface area contributed by atoms with Crippen molar-refractivity contribution >= 4 is 21.7 Å². The number of aromatic hydroxyl groups is 1. The largest absolute Gasteiger partial charge is 0.506 e. The first-order valence-corrected chi connectivity index (χ1v) is 5.17. The monoisotopic (exact) mass is 269 g/mol. The SMILES string of the molecule is COc1c(C(=O)CBr)ccc(O)c1C#N. The number of hydrogen-bond acceptors (Lipinski definition) is 4. The van der Waals surface area contributed by atoms with E-state index in [1.807, 2.05) is 0 Å². The fourth-order valence-corrected chi connectivity index (χ4v) is 1.49. The van der Waals surface area contributed by atoms with Gasteiger partial charge in [-0.1, -0.05) is 15.9 Å². The molecule has 0 amide bonds. The van der Waals surface area contributed by atoms with Gasteiger partial charge < -0.3 is 9.84 Å². The number of phenolic OH excluding ortho intramolecular Hbond substituents is 1. The van der Waals surface area contributed by atoms with Crippen molar-refractivity contribution < 1.29 is 14.6 Å². The van der Waals surface area contributed by atoms with Crippen molar-refractivity contribution in [3.63, 3.8) is 0 Å². The summed E-state index contributed by atoms with van der Waals surface area (Å²) in [4.78, 5) is 11.5. The van der Waals surface area contributed by atoms with E-state index in [1.165, 1.54) is 19.2 Å². The minimum Gasteiger partial charge on any atom is -0.506 e. The molecule has 4 nitrogen and oxygen atoms in total. The highest BCUT2D eigenvalue weighted by Gasteiger charge is 2.17. The second-order valence-electron chi connectivity index (χ2n) is 2.71. The zero-order valence-electron chi connectivity index (χ0n) is 7.95. The molecule has 0 spiro atoms. The van der Waals surface area contributed by atoms with E-state index in [4.69, 9.17) is 10.00 Å². The van der Waals surface area contributed by atoms with Crippen molar-refractivity contribution in [2.45, 2.75) is 0 Å². The summed E-state index contributed by atoms with van der Waals surface area (Å²) >= 11 is 3.03. The molecule has 0 heterocycles. The fourth-order valence-electron chi connectivity index (χ4n) is 1.18. The molecule has 1 aromatic rings. The van der Waals surface area contributed by atoms with Crippen LogP contribution in [0.1, 0.15) is 15.9 Å². The van der Waals surface area contributed by atoms with Crippen molar-refractivity contribution in [1.82, 2.24) is 0 Å². The number of benzene rings is 1. The van der Waals surface area contributed by atoms with Crippen molar-refractivity contribution in [3.05, 3.63) is 23.3 Å². The summed E-state index contributed by atoms with van der Waals surface area (Å²) in [5, 5.41) is 18.3. The lowest BCUT2D eigenvalue weighted by Gasteiger charge is -2.08. The summed E-state index contributed by atoms with van der Waals surface area (Å²) < 4.78 is 4.95. The van der Waals surface area contributed by atoms with Gasteiger partial charge in [0, 0.05) is 0 Å². The Hall–Kier alpha value is -1.54. The molecule has 5 heteroatoms. The summed E-state index contributed by atoms with van der Waals surface area (Å²) in [6.45, 7) is 0. The third-order valence-corrected chi connectivity index (χ3v) is 2.38. The zero-order valence-corrected chi connectivity index (χ0v) is 9.54. The van der Waals surface area contributed by atoms with E-state index in [-0.39, 0.29) is 33.7 Å². The molecule has 0 saturated heterocycles. The molecule has 0 aliphatic rings. The number of alkyl halides is 1. The maximum absolute atomic E-state index is 11.5. The molecule has 0 aromatic heterocycles. The molecule has 0 aliphatic heterocycles. The Morgan fingerprint density at radius 2 is 2.33 bits per heavy atom. The Morgan fingerprint density at radius 3 is 2.80 bits per heavy atom. The molecule has 0 radical (unpaired) electrons. The molecule has 15 heavy (non-hydrogen) atoms. The van der Waals surface area contributed by atoms with Gasteiger partial charge in [-0.05, 0) is 12.1 Å². The topological polar surface area (TPSA) is 70.3 Å². The van der Waals surface area contributed by atoms with Gasteiger partial charge in [-0.15, -0.1) is 0 Å². The van der Waals surface area contributed by atoms with Gasteiger partial charge in [-0.2, -0.15) is 5.26 Å². The van der Waals surface area contributed by atoms with E-state index in [2.05, 4.69) is 15.9 Å². The molecule has 0 atom stereocenters. The van der Waals surface area contributed by atoms with Gasteiger partial charge in [0.25, 0.3) is 0 Å². The molecule has 0 bridgehead atoms. The van der Waals surface area contributed by atoms with Crippen LogP contribution in [-0.2, 0) is 0 Å². The summed E-state index contributed by atoms with van der Waals surface area (Å²) in [6.07, 6.45) is 0. The Morgan fingerprint density at radius 1 is 1.67 bits per heavy atom. The lowest BCUT2D eigenvalue weighted by molar-refractivity contribution is 0.102. The van der Waals surface area contributed by atoms with Crippen LogP contribution in [-0.4, -0.2) is 23.3 Å². The lowest BCUT2D eigenvalue weighted by Crippen LogP contribution is -2.04. The summed E-state index contributed by atoms with van der Waals surface area (Å²) in [6, 6.07) is 4.52. The van der Waals surface area contributed by atoms with Crippen LogP contribution in [0.3, 0.4) is 0 Å². The quantitative estimate of drug-likeness (QED) is 0.672. The third-order valence-electron chi connectivity index (χ3n) is 1.87. The molecule has 0 saturated carbocycles. The number of carbonyl (C=O) groups is 1. The molecule has 1 aromatic carbocycles. The fraction of sp³-hybridized carbons (Fsp3) is 0.200. The molecular formula is C10H8BrNO3. The average molecular weight is 270 g/mol. The van der Waals surface area contributed by atoms with Gasteiger partial charge >= 0.3 is 0 Å². The molecular weight excluding hydrogens is 262 g/mol. The second-order valence-corrected chi connectivity index (χ2v) is 3.27. The zero-order chi connectivity index (χ0) is 11.4. The van der Waals surface area contributed by atoms with Gasteiger partial charge in [-0.25, -0.2) is 0 Å². The van der Waals surface area contributed by atoms with E-state index in [0.717, 1.165) is 0 Å². The lowest BCUT2D eigenvalue weighted by atomic mass is 10.1. The Bertz CT molecular complexity index is 437. The standard InChI is InChI=1S/C10H8BrNO3/c1-15-10-6(9(14)4-11)2-3-8(13)7(10)5-12/h2-3,13H,4H2,1H3. The van der Waals surface area contributed by atoms with Crippen LogP contribution in [0.25, 0.3) is 0 Å². The first-order chi connectivity index (χ1) is 7.15. The van der Waals surface area contributed by atoms with Crippen LogP contribution in [0, 0.1) is 11.3 Å². The molecule has 1 rings (SSSR count). The van der Waals surface area contributed by atoms with Crippen LogP contribution < -0.4 is 4.74 Å². The maximum atomic E-state index is 11.5. The highest BCUT2D eigenvalue weighted by molar-refractivity contribution is 9.09. The van der Waals surface area contributed by atoms with Gasteiger partial charge in [0.1, 0.15) is 17.4 Å². The van der Waals surface area contributed by atoms with Crippen molar-refractivity contribution in [1.29, 1.82) is 5.26 Å². The van der Waals surface area contributed by atoms with E-state index in [9.17, 15) is 9.90 Å². The number of methoxy groups -OCH3 is 1. The summed E-state index contributed by atoms with van der Waals surface area (Å²) in [7, 11) is 1.35. The van der Waals surface area contributed by atoms with Crippen molar-refractivity contribution in [2.75, 3.05) is 12.4 Å². The average Bonchev–Trinajstić information content (AvgIpc) is 2.27. The maximum Gasteiger partial charge on any atom is 0.177 e. The van der Waals surface area contributed by atoms with Crippen LogP contribution in [0.5, 0.6) is 11.5 Å². The normalized spacial score (nSPS) is 9.40. The van der Waals surface area contributed by atoms with E-state index in [0.29, 0.717) is 0 Å². The first-order valence-electron chi connectivity index (χ1n) is 4.05. The van der Waals surface area contributed by atoms with Crippen LogP contribution in [0.2, 0.25) is 0 Å². The van der Waals surface area contributed by atoms with Crippen molar-refractivity contribution in [3.8, 4) is 17.6 Å². The minimum atomic E-state index is -0.205. The highest BCUT2D eigenvalue weighted by Crippen LogP contribution is 2.31. The number of rotatable bonds is 3. The van der Waals surface area contributed by atoms with Crippen LogP contribution in [0.4, 0.5) is 0 Å². The number of nitrogens with zero attached hydrogens (tertiary/aromatic N) is 1. The third kappa shape index (κ3) is 2.10. The molecule has 1 N–H and O–H groups in total. The van der Waals surface area contributed by atoms with Gasteiger partial charge in [0.2, 0.25) is 0 Å². The molecule has 0 fully saturated rings. The summed E-state index contributed by atoms with van der Waals surface area (Å²) in [5.41, 5.74) is 0.257. The molecule has 0 unspecified atom stereocenters. The highest BCUT2D eigenvalue weighted by atomic mass is 79.9. The number of halogens is 1. The molecule has 78 valence electrons. The second kappa shape index (κ2) is 4.80. The minimum absolute atomic E-state index is 0.0238. The predicted molar refractivity (Wildman–Crippen MR) is 57.5 cm³/mol. The number of Topliss-reactive ketones (excluding diaryl/α,β-unsaturated/α-hetero) is 1. The van der Waals surface area contributed by atoms with Gasteiger partial charge in [0.15, 0.2) is 11.5 Å². The number of hydrogen-bond donors (Lipinski definition) is 1. The number of ketones is 1. The Labute approximate surface area is 95.2 Å². The number of carbonyl (C=O) groups excluding carboxylic acids is 1. The smallest absolute Gasteiger partial charge is 0.177 e. The van der Waals surface area contributed by atoms with Crippen LogP contribution >= 0.6 is 15.9 Å². The Kier molecular flexibility index (Phi) is 3.69. The predicted octanol–water partition coefficient (Wildman–Crippen LogP) is 1.85. The number of phenols is 1. The van der Waals surface area contributed by atoms with E-state index >= 15 is 0 Å². The van der Waals surface area contributed by atoms with Crippen LogP contribution in [0.15, 0.2) is 12.1 Å².